The average molecular weight is 437 g/mol. The summed E-state index contributed by atoms with van der Waals surface area (Å²) < 4.78 is 0. The molecule has 0 saturated carbocycles. The molecule has 0 aromatic carbocycles. The number of primary amides is 1. The van der Waals surface area contributed by atoms with E-state index >= 15 is 0 Å². The Morgan fingerprint density at radius 1 is 1.00 bits per heavy atom. The quantitative estimate of drug-likeness (QED) is 0.361. The number of hydrogen-bond acceptors (Lipinski definition) is 6. The Bertz CT molecular complexity index is 738. The Balaban J connectivity index is 1.72. The molecule has 11 nitrogen and oxygen atoms in total. The molecule has 3 heterocycles. The zero-order chi connectivity index (χ0) is 22.5. The van der Waals surface area contributed by atoms with Crippen LogP contribution in [-0.4, -0.2) is 88.3 Å². The number of carboxylic acids is 1. The number of carbonyl (C=O) groups excluding carboxylic acids is 4. The third kappa shape index (κ3) is 5.33. The van der Waals surface area contributed by atoms with Crippen LogP contribution in [-0.2, 0) is 24.0 Å². The fourth-order valence-electron chi connectivity index (χ4n) is 4.69. The van der Waals surface area contributed by atoms with E-state index in [2.05, 4.69) is 10.6 Å². The minimum atomic E-state index is -1.04. The summed E-state index contributed by atoms with van der Waals surface area (Å²) >= 11 is 0. The number of rotatable bonds is 8. The molecule has 172 valence electrons. The Morgan fingerprint density at radius 3 is 2.29 bits per heavy atom. The van der Waals surface area contributed by atoms with Crippen molar-refractivity contribution < 1.29 is 29.1 Å². The SMILES string of the molecule is NC(=O)CCC(NC(=O)C1CCCN1)C(=O)N1CCCC1C(=O)N1CCCC1C(=O)O. The van der Waals surface area contributed by atoms with E-state index < -0.39 is 35.9 Å². The van der Waals surface area contributed by atoms with Crippen LogP contribution in [0.2, 0.25) is 0 Å². The van der Waals surface area contributed by atoms with Crippen molar-refractivity contribution in [1.29, 1.82) is 0 Å². The minimum Gasteiger partial charge on any atom is -0.480 e. The topological polar surface area (TPSA) is 162 Å². The van der Waals surface area contributed by atoms with E-state index in [9.17, 15) is 29.1 Å². The first-order valence-electron chi connectivity index (χ1n) is 11.0. The number of aliphatic carboxylic acids is 1. The van der Waals surface area contributed by atoms with Crippen LogP contribution in [0.3, 0.4) is 0 Å². The van der Waals surface area contributed by atoms with Gasteiger partial charge in [0.2, 0.25) is 23.6 Å². The van der Waals surface area contributed by atoms with Gasteiger partial charge >= 0.3 is 5.97 Å². The predicted molar refractivity (Wildman–Crippen MR) is 108 cm³/mol. The number of amides is 4. The maximum Gasteiger partial charge on any atom is 0.326 e. The molecular formula is C20H31N5O6. The number of nitrogens with zero attached hydrogens (tertiary/aromatic N) is 2. The first-order valence-corrected chi connectivity index (χ1v) is 11.0. The van der Waals surface area contributed by atoms with Crippen molar-refractivity contribution in [2.24, 2.45) is 5.73 Å². The van der Waals surface area contributed by atoms with Crippen molar-refractivity contribution in [3.05, 3.63) is 0 Å². The summed E-state index contributed by atoms with van der Waals surface area (Å²) in [6.07, 6.45) is 3.55. The Labute approximate surface area is 180 Å². The van der Waals surface area contributed by atoms with Gasteiger partial charge in [-0.05, 0) is 51.5 Å². The van der Waals surface area contributed by atoms with E-state index in [0.29, 0.717) is 45.2 Å². The molecule has 3 saturated heterocycles. The number of hydrogen-bond donors (Lipinski definition) is 4. The van der Waals surface area contributed by atoms with Crippen LogP contribution in [0.1, 0.15) is 51.4 Å². The van der Waals surface area contributed by atoms with Crippen molar-refractivity contribution in [1.82, 2.24) is 20.4 Å². The normalized spacial score (nSPS) is 26.6. The molecule has 5 N–H and O–H groups in total. The number of carboxylic acid groups (broad SMARTS) is 1. The molecule has 31 heavy (non-hydrogen) atoms. The highest BCUT2D eigenvalue weighted by molar-refractivity contribution is 5.95. The lowest BCUT2D eigenvalue weighted by Crippen LogP contribution is -2.56. The molecule has 0 spiro atoms. The Morgan fingerprint density at radius 2 is 1.68 bits per heavy atom. The van der Waals surface area contributed by atoms with E-state index in [-0.39, 0.29) is 30.7 Å². The molecule has 0 aromatic heterocycles. The standard InChI is InChI=1S/C20H31N5O6/c21-16(26)8-7-13(23-17(27)12-4-1-9-22-12)18(28)24-10-2-5-14(24)19(29)25-11-3-6-15(25)20(30)31/h12-15,22H,1-11H2,(H2,21,26)(H,23,27)(H,30,31). The molecule has 3 aliphatic rings. The van der Waals surface area contributed by atoms with Gasteiger partial charge in [-0.1, -0.05) is 0 Å². The molecule has 0 aromatic rings. The molecule has 4 atom stereocenters. The summed E-state index contributed by atoms with van der Waals surface area (Å²) in [6, 6.07) is -2.99. The van der Waals surface area contributed by atoms with Gasteiger partial charge in [-0.15, -0.1) is 0 Å². The highest BCUT2D eigenvalue weighted by Crippen LogP contribution is 2.26. The molecular weight excluding hydrogens is 406 g/mol. The molecule has 0 bridgehead atoms. The van der Waals surface area contributed by atoms with Crippen LogP contribution in [0.5, 0.6) is 0 Å². The van der Waals surface area contributed by atoms with Crippen molar-refractivity contribution in [3.8, 4) is 0 Å². The first-order chi connectivity index (χ1) is 14.8. The third-order valence-corrected chi connectivity index (χ3v) is 6.31. The number of nitrogens with one attached hydrogen (secondary N) is 2. The van der Waals surface area contributed by atoms with Gasteiger partial charge in [-0.25, -0.2) is 4.79 Å². The summed E-state index contributed by atoms with van der Waals surface area (Å²) in [5.41, 5.74) is 5.24. The smallest absolute Gasteiger partial charge is 0.326 e. The molecule has 3 fully saturated rings. The van der Waals surface area contributed by atoms with Gasteiger partial charge in [0.25, 0.3) is 0 Å². The molecule has 3 rings (SSSR count). The molecule has 11 heteroatoms. The minimum absolute atomic E-state index is 0.0471. The lowest BCUT2D eigenvalue weighted by molar-refractivity contribution is -0.152. The maximum atomic E-state index is 13.3. The molecule has 4 amide bonds. The number of carbonyl (C=O) groups is 5. The molecule has 0 radical (unpaired) electrons. The van der Waals surface area contributed by atoms with E-state index in [1.807, 2.05) is 0 Å². The second-order valence-corrected chi connectivity index (χ2v) is 8.43. The van der Waals surface area contributed by atoms with Crippen LogP contribution in [0.25, 0.3) is 0 Å². The first kappa shape index (κ1) is 23.0. The van der Waals surface area contributed by atoms with Crippen molar-refractivity contribution in [2.45, 2.75) is 75.5 Å². The zero-order valence-electron chi connectivity index (χ0n) is 17.5. The van der Waals surface area contributed by atoms with Crippen LogP contribution >= 0.6 is 0 Å². The average Bonchev–Trinajstić information content (AvgIpc) is 3.49. The lowest BCUT2D eigenvalue weighted by atomic mass is 10.1. The third-order valence-electron chi connectivity index (χ3n) is 6.31. The van der Waals surface area contributed by atoms with Crippen LogP contribution in [0.15, 0.2) is 0 Å². The molecule has 0 aliphatic carbocycles. The van der Waals surface area contributed by atoms with Gasteiger partial charge in [0.05, 0.1) is 6.04 Å². The van der Waals surface area contributed by atoms with Gasteiger partial charge in [0.1, 0.15) is 18.1 Å². The lowest BCUT2D eigenvalue weighted by Gasteiger charge is -2.32. The van der Waals surface area contributed by atoms with Crippen LogP contribution in [0, 0.1) is 0 Å². The van der Waals surface area contributed by atoms with Gasteiger partial charge in [-0.3, -0.25) is 19.2 Å². The summed E-state index contributed by atoms with van der Waals surface area (Å²) in [6.45, 7) is 1.41. The van der Waals surface area contributed by atoms with Gasteiger partial charge < -0.3 is 31.3 Å². The highest BCUT2D eigenvalue weighted by atomic mass is 16.4. The fourth-order valence-corrected chi connectivity index (χ4v) is 4.69. The second-order valence-electron chi connectivity index (χ2n) is 8.43. The molecule has 3 aliphatic heterocycles. The van der Waals surface area contributed by atoms with Crippen molar-refractivity contribution in [3.63, 3.8) is 0 Å². The van der Waals surface area contributed by atoms with Crippen molar-refractivity contribution >= 4 is 29.6 Å². The zero-order valence-corrected chi connectivity index (χ0v) is 17.5. The van der Waals surface area contributed by atoms with E-state index in [0.717, 1.165) is 13.0 Å². The maximum absolute atomic E-state index is 13.3. The summed E-state index contributed by atoms with van der Waals surface area (Å²) in [4.78, 5) is 64.5. The summed E-state index contributed by atoms with van der Waals surface area (Å²) in [5.74, 6) is -2.74. The van der Waals surface area contributed by atoms with Gasteiger partial charge in [-0.2, -0.15) is 0 Å². The van der Waals surface area contributed by atoms with Crippen LogP contribution in [0.4, 0.5) is 0 Å². The monoisotopic (exact) mass is 437 g/mol. The van der Waals surface area contributed by atoms with Crippen molar-refractivity contribution in [2.75, 3.05) is 19.6 Å². The predicted octanol–water partition coefficient (Wildman–Crippen LogP) is -1.44. The summed E-state index contributed by atoms with van der Waals surface area (Å²) in [5, 5.41) is 15.2. The highest BCUT2D eigenvalue weighted by Gasteiger charge is 2.43. The van der Waals surface area contributed by atoms with Gasteiger partial charge in [0.15, 0.2) is 0 Å². The molecule has 4 unspecified atom stereocenters. The van der Waals surface area contributed by atoms with E-state index in [4.69, 9.17) is 5.73 Å². The number of likely N-dealkylation sites (tertiary alicyclic amines) is 2. The second kappa shape index (κ2) is 10.1. The Hall–Kier alpha value is -2.69. The number of nitrogens with two attached hydrogens (primary N) is 1. The van der Waals surface area contributed by atoms with Gasteiger partial charge in [0, 0.05) is 19.5 Å². The summed E-state index contributed by atoms with van der Waals surface area (Å²) in [7, 11) is 0. The van der Waals surface area contributed by atoms with E-state index in [1.54, 1.807) is 0 Å². The van der Waals surface area contributed by atoms with Crippen LogP contribution < -0.4 is 16.4 Å². The fraction of sp³-hybridized carbons (Fsp3) is 0.750. The largest absolute Gasteiger partial charge is 0.480 e. The Kier molecular flexibility index (Phi) is 7.47. The van der Waals surface area contributed by atoms with E-state index in [1.165, 1.54) is 9.80 Å².